The van der Waals surface area contributed by atoms with Crippen LogP contribution in [-0.2, 0) is 4.74 Å². The molecule has 1 aromatic heterocycles. The highest BCUT2D eigenvalue weighted by molar-refractivity contribution is 5.94. The van der Waals surface area contributed by atoms with Crippen LogP contribution >= 0.6 is 0 Å². The molecular formula is C31H32N2O5. The first-order valence-corrected chi connectivity index (χ1v) is 12.9. The minimum absolute atomic E-state index is 0.121. The topological polar surface area (TPSA) is 92.0 Å². The van der Waals surface area contributed by atoms with Gasteiger partial charge in [-0.15, -0.1) is 0 Å². The van der Waals surface area contributed by atoms with E-state index in [9.17, 15) is 14.7 Å². The summed E-state index contributed by atoms with van der Waals surface area (Å²) >= 11 is 0. The first-order valence-electron chi connectivity index (χ1n) is 12.9. The molecule has 0 aliphatic carbocycles. The van der Waals surface area contributed by atoms with E-state index in [0.717, 1.165) is 35.5 Å². The van der Waals surface area contributed by atoms with E-state index in [-0.39, 0.29) is 29.2 Å². The Kier molecular flexibility index (Phi) is 6.95. The van der Waals surface area contributed by atoms with Gasteiger partial charge in [0.25, 0.3) is 0 Å². The number of para-hydroxylation sites is 1. The summed E-state index contributed by atoms with van der Waals surface area (Å²) in [6.07, 6.45) is 0.328. The second-order valence-corrected chi connectivity index (χ2v) is 10.1. The molecule has 0 bridgehead atoms. The van der Waals surface area contributed by atoms with Gasteiger partial charge in [0.2, 0.25) is 0 Å². The molecule has 2 N–H and O–H groups in total. The van der Waals surface area contributed by atoms with Crippen molar-refractivity contribution < 1.29 is 19.1 Å². The number of fused-ring (bicyclic) bond motifs is 1. The van der Waals surface area contributed by atoms with Crippen molar-refractivity contribution in [1.82, 2.24) is 0 Å². The van der Waals surface area contributed by atoms with Crippen LogP contribution in [-0.4, -0.2) is 36.4 Å². The average Bonchev–Trinajstić information content (AvgIpc) is 2.88. The van der Waals surface area contributed by atoms with Gasteiger partial charge in [-0.2, -0.15) is 0 Å². The van der Waals surface area contributed by atoms with Gasteiger partial charge in [0.1, 0.15) is 11.3 Å². The fraction of sp³-hybridized carbons (Fsp3) is 0.290. The number of hydrogen-bond acceptors (Lipinski definition) is 6. The Hall–Kier alpha value is -4.10. The molecule has 5 rings (SSSR count). The third-order valence-electron chi connectivity index (χ3n) is 6.93. The lowest BCUT2D eigenvalue weighted by Gasteiger charge is -2.36. The van der Waals surface area contributed by atoms with Crippen molar-refractivity contribution in [2.45, 2.75) is 45.9 Å². The van der Waals surface area contributed by atoms with E-state index in [1.165, 1.54) is 6.07 Å². The number of benzene rings is 3. The number of aryl methyl sites for hydroxylation is 1. The Morgan fingerprint density at radius 1 is 1.03 bits per heavy atom. The molecule has 0 radical (unpaired) electrons. The zero-order valence-electron chi connectivity index (χ0n) is 22.0. The number of aromatic carboxylic acids is 1. The molecule has 38 heavy (non-hydrogen) atoms. The van der Waals surface area contributed by atoms with Crippen molar-refractivity contribution in [2.24, 2.45) is 0 Å². The first-order chi connectivity index (χ1) is 18.2. The Morgan fingerprint density at radius 2 is 1.71 bits per heavy atom. The van der Waals surface area contributed by atoms with Crippen molar-refractivity contribution >= 4 is 28.3 Å². The predicted octanol–water partition coefficient (Wildman–Crippen LogP) is 6.25. The molecule has 3 atom stereocenters. The monoisotopic (exact) mass is 512 g/mol. The second kappa shape index (κ2) is 10.3. The van der Waals surface area contributed by atoms with Crippen molar-refractivity contribution in [3.05, 3.63) is 93.6 Å². The maximum Gasteiger partial charge on any atom is 0.337 e. The Bertz CT molecular complexity index is 1530. The standard InChI is InChI=1S/C31H32N2O5/c1-18-13-25(21(4)32-27-8-6-5-7-24(27)31(35)36)30-26(14-18)28(34)15-29(38-30)22-9-11-23(12-10-22)33-16-19(2)37-20(3)17-33/h5-15,19-21,32H,16-17H2,1-4H3,(H,35,36). The minimum Gasteiger partial charge on any atom is -0.478 e. The van der Waals surface area contributed by atoms with E-state index in [4.69, 9.17) is 9.15 Å². The summed E-state index contributed by atoms with van der Waals surface area (Å²) in [5, 5.41) is 13.4. The van der Waals surface area contributed by atoms with Gasteiger partial charge in [-0.25, -0.2) is 4.79 Å². The van der Waals surface area contributed by atoms with Gasteiger partial charge in [-0.1, -0.05) is 18.2 Å². The van der Waals surface area contributed by atoms with E-state index >= 15 is 0 Å². The highest BCUT2D eigenvalue weighted by Gasteiger charge is 2.23. The maximum absolute atomic E-state index is 13.2. The van der Waals surface area contributed by atoms with E-state index in [2.05, 4.69) is 24.1 Å². The number of carboxylic acid groups (broad SMARTS) is 1. The number of morpholine rings is 1. The van der Waals surface area contributed by atoms with Crippen molar-refractivity contribution in [2.75, 3.05) is 23.3 Å². The normalized spacial score (nSPS) is 18.4. The Morgan fingerprint density at radius 3 is 2.39 bits per heavy atom. The number of carboxylic acids is 1. The molecule has 4 aromatic rings. The lowest BCUT2D eigenvalue weighted by molar-refractivity contribution is -0.00522. The quantitative estimate of drug-likeness (QED) is 0.315. The molecule has 3 aromatic carbocycles. The average molecular weight is 513 g/mol. The number of nitrogens with one attached hydrogen (secondary N) is 1. The molecule has 196 valence electrons. The number of hydrogen-bond donors (Lipinski definition) is 2. The van der Waals surface area contributed by atoms with E-state index < -0.39 is 5.97 Å². The summed E-state index contributed by atoms with van der Waals surface area (Å²) in [7, 11) is 0. The van der Waals surface area contributed by atoms with Crippen LogP contribution < -0.4 is 15.6 Å². The molecule has 1 fully saturated rings. The summed E-state index contributed by atoms with van der Waals surface area (Å²) in [6, 6.07) is 19.8. The predicted molar refractivity (Wildman–Crippen MR) is 150 cm³/mol. The van der Waals surface area contributed by atoms with Crippen LogP contribution in [0.4, 0.5) is 11.4 Å². The van der Waals surface area contributed by atoms with Crippen molar-refractivity contribution in [3.63, 3.8) is 0 Å². The van der Waals surface area contributed by atoms with Crippen LogP contribution in [0.5, 0.6) is 0 Å². The Balaban J connectivity index is 1.51. The number of nitrogens with zero attached hydrogens (tertiary/aromatic N) is 1. The second-order valence-electron chi connectivity index (χ2n) is 10.1. The van der Waals surface area contributed by atoms with Crippen LogP contribution in [0.25, 0.3) is 22.3 Å². The molecule has 0 amide bonds. The highest BCUT2D eigenvalue weighted by atomic mass is 16.5. The van der Waals surface area contributed by atoms with Crippen LogP contribution in [0.3, 0.4) is 0 Å². The number of carbonyl (C=O) groups is 1. The molecule has 2 heterocycles. The van der Waals surface area contributed by atoms with Crippen LogP contribution in [0.1, 0.15) is 48.3 Å². The summed E-state index contributed by atoms with van der Waals surface area (Å²) in [4.78, 5) is 27.2. The summed E-state index contributed by atoms with van der Waals surface area (Å²) in [5.41, 5.74) is 4.68. The third kappa shape index (κ3) is 5.15. The first kappa shape index (κ1) is 25.5. The van der Waals surface area contributed by atoms with E-state index in [1.54, 1.807) is 24.3 Å². The van der Waals surface area contributed by atoms with Gasteiger partial charge < -0.3 is 24.5 Å². The van der Waals surface area contributed by atoms with E-state index in [0.29, 0.717) is 22.4 Å². The molecule has 3 unspecified atom stereocenters. The van der Waals surface area contributed by atoms with Gasteiger partial charge in [0, 0.05) is 41.7 Å². The molecule has 1 aliphatic rings. The zero-order chi connectivity index (χ0) is 27.0. The Labute approximate surface area is 221 Å². The smallest absolute Gasteiger partial charge is 0.337 e. The van der Waals surface area contributed by atoms with E-state index in [1.807, 2.05) is 50.2 Å². The van der Waals surface area contributed by atoms with Crippen molar-refractivity contribution in [1.29, 1.82) is 0 Å². The zero-order valence-corrected chi connectivity index (χ0v) is 22.0. The lowest BCUT2D eigenvalue weighted by atomic mass is 10.00. The third-order valence-corrected chi connectivity index (χ3v) is 6.93. The molecule has 0 saturated carbocycles. The molecule has 7 nitrogen and oxygen atoms in total. The SMILES string of the molecule is Cc1cc(C(C)Nc2ccccc2C(=O)O)c2oc(-c3ccc(N4CC(C)OC(C)C4)cc3)cc(=O)c2c1. The number of anilines is 2. The molecule has 1 aliphatic heterocycles. The van der Waals surface area contributed by atoms with Gasteiger partial charge >= 0.3 is 5.97 Å². The number of ether oxygens (including phenoxy) is 1. The van der Waals surface area contributed by atoms with Gasteiger partial charge in [0.05, 0.1) is 29.2 Å². The fourth-order valence-corrected chi connectivity index (χ4v) is 5.23. The van der Waals surface area contributed by atoms with Gasteiger partial charge in [-0.3, -0.25) is 4.79 Å². The highest BCUT2D eigenvalue weighted by Crippen LogP contribution is 2.32. The molecule has 1 saturated heterocycles. The fourth-order valence-electron chi connectivity index (χ4n) is 5.23. The minimum atomic E-state index is -1.01. The summed E-state index contributed by atoms with van der Waals surface area (Å²) in [5.74, 6) is -0.520. The van der Waals surface area contributed by atoms with Crippen LogP contribution in [0.2, 0.25) is 0 Å². The van der Waals surface area contributed by atoms with Gasteiger partial charge in [-0.05, 0) is 75.7 Å². The lowest BCUT2D eigenvalue weighted by Crippen LogP contribution is -2.45. The maximum atomic E-state index is 13.2. The largest absolute Gasteiger partial charge is 0.478 e. The number of rotatable bonds is 6. The molecular weight excluding hydrogens is 480 g/mol. The van der Waals surface area contributed by atoms with Crippen LogP contribution in [0.15, 0.2) is 75.9 Å². The molecule has 7 heteroatoms. The molecule has 0 spiro atoms. The summed E-state index contributed by atoms with van der Waals surface area (Å²) in [6.45, 7) is 9.67. The van der Waals surface area contributed by atoms with Crippen molar-refractivity contribution in [3.8, 4) is 11.3 Å². The van der Waals surface area contributed by atoms with Crippen LogP contribution in [0, 0.1) is 6.92 Å². The summed E-state index contributed by atoms with van der Waals surface area (Å²) < 4.78 is 12.2. The van der Waals surface area contributed by atoms with Gasteiger partial charge in [0.15, 0.2) is 5.43 Å².